The number of hydrogen-bond donors (Lipinski definition) is 0. The fourth-order valence-electron chi connectivity index (χ4n) is 3.20. The van der Waals surface area contributed by atoms with Gasteiger partial charge in [-0.05, 0) is 12.0 Å². The van der Waals surface area contributed by atoms with E-state index in [2.05, 4.69) is 9.98 Å². The zero-order valence-electron chi connectivity index (χ0n) is 16.0. The van der Waals surface area contributed by atoms with Gasteiger partial charge in [-0.2, -0.15) is 26.3 Å². The maximum Gasteiger partial charge on any atom is 0.443 e. The summed E-state index contributed by atoms with van der Waals surface area (Å²) < 4.78 is 83.1. The van der Waals surface area contributed by atoms with E-state index in [1.54, 1.807) is 43.3 Å². The van der Waals surface area contributed by atoms with Crippen LogP contribution in [0.4, 0.5) is 26.3 Å². The van der Waals surface area contributed by atoms with Crippen LogP contribution in [0.3, 0.4) is 0 Å². The normalized spacial score (nSPS) is 16.8. The molecule has 1 aliphatic rings. The number of rotatable bonds is 5. The molecule has 0 aliphatic carbocycles. The number of amidine groups is 2. The van der Waals surface area contributed by atoms with Gasteiger partial charge in [0.1, 0.15) is 11.7 Å². The molecule has 2 aromatic carbocycles. The second kappa shape index (κ2) is 8.12. The molecule has 160 valence electrons. The molecule has 9 heteroatoms. The van der Waals surface area contributed by atoms with Crippen LogP contribution in [0, 0.1) is 0 Å². The first-order valence-electron chi connectivity index (χ1n) is 9.28. The molecule has 1 heterocycles. The predicted molar refractivity (Wildman–Crippen MR) is 102 cm³/mol. The van der Waals surface area contributed by atoms with Gasteiger partial charge in [-0.25, -0.2) is 9.98 Å². The van der Waals surface area contributed by atoms with E-state index in [0.29, 0.717) is 12.0 Å². The minimum absolute atomic E-state index is 0.157. The molecule has 0 saturated heterocycles. The van der Waals surface area contributed by atoms with Crippen LogP contribution in [0.15, 0.2) is 70.6 Å². The Labute approximate surface area is 169 Å². The van der Waals surface area contributed by atoms with Crippen LogP contribution in [-0.2, 0) is 6.42 Å². The highest BCUT2D eigenvalue weighted by Gasteiger charge is 2.73. The van der Waals surface area contributed by atoms with Gasteiger partial charge in [0.25, 0.3) is 0 Å². The van der Waals surface area contributed by atoms with E-state index in [-0.39, 0.29) is 24.4 Å². The maximum atomic E-state index is 13.9. The number of hydrogen-bond acceptors (Lipinski definition) is 3. The van der Waals surface area contributed by atoms with Crippen molar-refractivity contribution in [2.75, 3.05) is 6.54 Å². The number of nitrogens with zero attached hydrogens (tertiary/aromatic N) is 3. The number of benzene rings is 2. The van der Waals surface area contributed by atoms with Gasteiger partial charge in [0.05, 0.1) is 0 Å². The first-order valence-corrected chi connectivity index (χ1v) is 9.28. The zero-order valence-corrected chi connectivity index (χ0v) is 16.0. The standard InChI is InChI=1S/C21H19F6N3/c1-2-13-30-17(14-15-9-5-3-6-10-15)28-19(20(22,23)24,21(25,26)27)29-18(30)16-11-7-4-8-12-16/h3-12H,2,13-14H2,1H3. The van der Waals surface area contributed by atoms with Crippen LogP contribution >= 0.6 is 0 Å². The Hall–Kier alpha value is -2.84. The molecule has 0 spiro atoms. The topological polar surface area (TPSA) is 28.0 Å². The summed E-state index contributed by atoms with van der Waals surface area (Å²) in [4.78, 5) is 7.80. The molecule has 0 atom stereocenters. The molecule has 0 radical (unpaired) electrons. The average molecular weight is 427 g/mol. The summed E-state index contributed by atoms with van der Waals surface area (Å²) in [6, 6.07) is 15.9. The van der Waals surface area contributed by atoms with Crippen molar-refractivity contribution in [1.29, 1.82) is 0 Å². The molecular formula is C21H19F6N3. The SMILES string of the molecule is CCCN1C(Cc2ccccc2)=NC(C(F)(F)F)(C(F)(F)F)N=C1c1ccccc1. The van der Waals surface area contributed by atoms with Crippen molar-refractivity contribution in [3.05, 3.63) is 71.8 Å². The molecule has 3 nitrogen and oxygen atoms in total. The summed E-state index contributed by atoms with van der Waals surface area (Å²) in [5.41, 5.74) is -3.85. The van der Waals surface area contributed by atoms with E-state index < -0.39 is 23.9 Å². The van der Waals surface area contributed by atoms with Crippen LogP contribution in [0.1, 0.15) is 24.5 Å². The Bertz CT molecular complexity index is 903. The van der Waals surface area contributed by atoms with Crippen molar-refractivity contribution in [2.45, 2.75) is 37.8 Å². The highest BCUT2D eigenvalue weighted by Crippen LogP contribution is 2.49. The number of aliphatic imine (C=N–C) groups is 2. The summed E-state index contributed by atoms with van der Waals surface area (Å²) in [6.45, 7) is 1.95. The third-order valence-electron chi connectivity index (χ3n) is 4.60. The molecule has 0 N–H and O–H groups in total. The average Bonchev–Trinajstić information content (AvgIpc) is 2.69. The van der Waals surface area contributed by atoms with Gasteiger partial charge < -0.3 is 4.90 Å². The maximum absolute atomic E-state index is 13.9. The van der Waals surface area contributed by atoms with Crippen molar-refractivity contribution in [3.63, 3.8) is 0 Å². The molecule has 0 unspecified atom stereocenters. The van der Waals surface area contributed by atoms with E-state index >= 15 is 0 Å². The van der Waals surface area contributed by atoms with E-state index in [1.165, 1.54) is 29.2 Å². The highest BCUT2D eigenvalue weighted by molar-refractivity contribution is 6.11. The minimum atomic E-state index is -5.76. The van der Waals surface area contributed by atoms with Crippen molar-refractivity contribution in [2.24, 2.45) is 9.98 Å². The Morgan fingerprint density at radius 1 is 0.800 bits per heavy atom. The van der Waals surface area contributed by atoms with E-state index in [9.17, 15) is 26.3 Å². The minimum Gasteiger partial charge on any atom is -0.314 e. The summed E-state index contributed by atoms with van der Waals surface area (Å²) >= 11 is 0. The quantitative estimate of drug-likeness (QED) is 0.569. The Balaban J connectivity index is 2.25. The summed E-state index contributed by atoms with van der Waals surface area (Å²) in [5, 5.41) is 0. The molecule has 2 aromatic rings. The van der Waals surface area contributed by atoms with Crippen molar-refractivity contribution in [3.8, 4) is 0 Å². The summed E-state index contributed by atoms with van der Waals surface area (Å²) in [7, 11) is 0. The monoisotopic (exact) mass is 427 g/mol. The molecule has 1 aliphatic heterocycles. The lowest BCUT2D eigenvalue weighted by molar-refractivity contribution is -0.293. The lowest BCUT2D eigenvalue weighted by Crippen LogP contribution is -2.59. The molecule has 0 fully saturated rings. The third kappa shape index (κ3) is 4.06. The molecule has 3 rings (SSSR count). The molecule has 30 heavy (non-hydrogen) atoms. The number of halogens is 6. The second-order valence-electron chi connectivity index (χ2n) is 6.81. The van der Waals surface area contributed by atoms with Gasteiger partial charge in [0, 0.05) is 18.5 Å². The van der Waals surface area contributed by atoms with Crippen LogP contribution in [0.5, 0.6) is 0 Å². The van der Waals surface area contributed by atoms with Gasteiger partial charge in [-0.1, -0.05) is 67.6 Å². The Kier molecular flexibility index (Phi) is 5.92. The number of alkyl halides is 6. The fourth-order valence-corrected chi connectivity index (χ4v) is 3.20. The van der Waals surface area contributed by atoms with Crippen LogP contribution in [0.2, 0.25) is 0 Å². The summed E-state index contributed by atoms with van der Waals surface area (Å²) in [6.07, 6.45) is -11.2. The van der Waals surface area contributed by atoms with Gasteiger partial charge in [-0.15, -0.1) is 0 Å². The molecule has 0 bridgehead atoms. The lowest BCUT2D eigenvalue weighted by Gasteiger charge is -2.39. The molecule has 0 saturated carbocycles. The fraction of sp³-hybridized carbons (Fsp3) is 0.333. The van der Waals surface area contributed by atoms with Gasteiger partial charge in [0.2, 0.25) is 0 Å². The van der Waals surface area contributed by atoms with E-state index in [0.717, 1.165) is 0 Å². The predicted octanol–water partition coefficient (Wildman–Crippen LogP) is 5.62. The van der Waals surface area contributed by atoms with Crippen molar-refractivity contribution < 1.29 is 26.3 Å². The first-order chi connectivity index (χ1) is 14.1. The van der Waals surface area contributed by atoms with Crippen LogP contribution < -0.4 is 0 Å². The smallest absolute Gasteiger partial charge is 0.314 e. The van der Waals surface area contributed by atoms with Crippen LogP contribution in [0.25, 0.3) is 0 Å². The van der Waals surface area contributed by atoms with Gasteiger partial charge >= 0.3 is 18.0 Å². The molecular weight excluding hydrogens is 408 g/mol. The highest BCUT2D eigenvalue weighted by atomic mass is 19.4. The van der Waals surface area contributed by atoms with Crippen LogP contribution in [-0.4, -0.2) is 41.1 Å². The molecule has 0 aromatic heterocycles. The van der Waals surface area contributed by atoms with E-state index in [4.69, 9.17) is 0 Å². The second-order valence-corrected chi connectivity index (χ2v) is 6.81. The third-order valence-corrected chi connectivity index (χ3v) is 4.60. The van der Waals surface area contributed by atoms with Gasteiger partial charge in [0.15, 0.2) is 0 Å². The summed E-state index contributed by atoms with van der Waals surface area (Å²) in [5.74, 6) is -0.723. The van der Waals surface area contributed by atoms with Crippen molar-refractivity contribution >= 4 is 11.7 Å². The largest absolute Gasteiger partial charge is 0.443 e. The molecule has 0 amide bonds. The zero-order chi connectivity index (χ0) is 22.0. The lowest BCUT2D eigenvalue weighted by atomic mass is 10.0. The van der Waals surface area contributed by atoms with E-state index in [1.807, 2.05) is 0 Å². The Morgan fingerprint density at radius 2 is 1.33 bits per heavy atom. The van der Waals surface area contributed by atoms with Crippen molar-refractivity contribution in [1.82, 2.24) is 4.90 Å². The van der Waals surface area contributed by atoms with Gasteiger partial charge in [-0.3, -0.25) is 0 Å². The first kappa shape index (κ1) is 21.9. The Morgan fingerprint density at radius 3 is 1.83 bits per heavy atom.